The highest BCUT2D eigenvalue weighted by atomic mass is 32.2. The van der Waals surface area contributed by atoms with Crippen molar-refractivity contribution in [3.05, 3.63) is 102 Å². The Bertz CT molecular complexity index is 1450. The molecule has 0 N–H and O–H groups in total. The quantitative estimate of drug-likeness (QED) is 0.173. The van der Waals surface area contributed by atoms with E-state index in [9.17, 15) is 4.79 Å². The Morgan fingerprint density at radius 3 is 2.71 bits per heavy atom. The number of ether oxygens (including phenoxy) is 2. The number of aromatic nitrogens is 3. The zero-order valence-electron chi connectivity index (χ0n) is 19.0. The van der Waals surface area contributed by atoms with E-state index in [0.717, 1.165) is 17.7 Å². The van der Waals surface area contributed by atoms with Gasteiger partial charge in [0.1, 0.15) is 6.61 Å². The van der Waals surface area contributed by atoms with Crippen LogP contribution in [0.1, 0.15) is 33.4 Å². The molecule has 0 saturated heterocycles. The van der Waals surface area contributed by atoms with Crippen molar-refractivity contribution in [2.24, 2.45) is 0 Å². The van der Waals surface area contributed by atoms with E-state index in [1.165, 1.54) is 28.5 Å². The molecule has 6 rings (SSSR count). The summed E-state index contributed by atoms with van der Waals surface area (Å²) >= 11 is 1.37. The van der Waals surface area contributed by atoms with E-state index in [1.54, 1.807) is 6.08 Å². The predicted molar refractivity (Wildman–Crippen MR) is 135 cm³/mol. The van der Waals surface area contributed by atoms with Gasteiger partial charge in [0.2, 0.25) is 0 Å². The lowest BCUT2D eigenvalue weighted by Crippen LogP contribution is -2.25. The number of carbonyl (C=O) groups excluding carboxylic acids is 1. The minimum Gasteiger partial charge on any atom is -0.485 e. The third-order valence-corrected chi connectivity index (χ3v) is 7.27. The van der Waals surface area contributed by atoms with Crippen LogP contribution < -0.4 is 9.47 Å². The Morgan fingerprint density at radius 2 is 1.83 bits per heavy atom. The third-order valence-electron chi connectivity index (χ3n) is 6.31. The molecule has 0 bridgehead atoms. The van der Waals surface area contributed by atoms with Gasteiger partial charge >= 0.3 is 0 Å². The van der Waals surface area contributed by atoms with E-state index in [4.69, 9.17) is 9.47 Å². The minimum atomic E-state index is -0.390. The number of nitrogens with zero attached hydrogens (tertiary/aromatic N) is 3. The summed E-state index contributed by atoms with van der Waals surface area (Å²) in [5.74, 6) is 2.38. The molecule has 0 saturated carbocycles. The summed E-state index contributed by atoms with van der Waals surface area (Å²) in [7, 11) is 0. The fourth-order valence-electron chi connectivity index (χ4n) is 4.60. The standard InChI is InChI=1S/C28H23N3O3S/c1-2-13-31-27(26-16-33-24-9-5-6-10-25(24)34-26)29-30-28(31)35-17-23(32)20-12-11-19-14-18-7-3-4-8-21(18)22(19)15-20/h2-12,15,26H,1,13-14,16-17H2. The fourth-order valence-corrected chi connectivity index (χ4v) is 5.45. The number of carbonyl (C=O) groups is 1. The van der Waals surface area contributed by atoms with Crippen LogP contribution in [-0.4, -0.2) is 32.9 Å². The van der Waals surface area contributed by atoms with Gasteiger partial charge in [-0.05, 0) is 46.9 Å². The fraction of sp³-hybridized carbons (Fsp3) is 0.179. The Morgan fingerprint density at radius 1 is 1.03 bits per heavy atom. The van der Waals surface area contributed by atoms with Crippen LogP contribution in [0.4, 0.5) is 0 Å². The molecular formula is C28H23N3O3S. The summed E-state index contributed by atoms with van der Waals surface area (Å²) in [6, 6.07) is 22.0. The van der Waals surface area contributed by atoms with Crippen molar-refractivity contribution in [2.45, 2.75) is 24.2 Å². The number of Topliss-reactive ketones (excluding diaryl/α,β-unsaturated/α-hetero) is 1. The van der Waals surface area contributed by atoms with E-state index < -0.39 is 0 Å². The van der Waals surface area contributed by atoms with Crippen LogP contribution in [0, 0.1) is 0 Å². The number of benzene rings is 3. The topological polar surface area (TPSA) is 66.2 Å². The predicted octanol–water partition coefficient (Wildman–Crippen LogP) is 5.52. The molecule has 174 valence electrons. The lowest BCUT2D eigenvalue weighted by Gasteiger charge is -2.26. The first-order valence-corrected chi connectivity index (χ1v) is 12.5. The van der Waals surface area contributed by atoms with Crippen molar-refractivity contribution in [1.82, 2.24) is 14.8 Å². The van der Waals surface area contributed by atoms with Crippen molar-refractivity contribution in [1.29, 1.82) is 0 Å². The largest absolute Gasteiger partial charge is 0.485 e. The number of allylic oxidation sites excluding steroid dienone is 1. The zero-order valence-corrected chi connectivity index (χ0v) is 19.8. The van der Waals surface area contributed by atoms with Gasteiger partial charge in [0.15, 0.2) is 34.4 Å². The second-order valence-corrected chi connectivity index (χ2v) is 9.46. The van der Waals surface area contributed by atoms with Crippen molar-refractivity contribution < 1.29 is 14.3 Å². The van der Waals surface area contributed by atoms with Crippen LogP contribution in [0.5, 0.6) is 11.5 Å². The molecule has 2 aliphatic rings. The number of para-hydroxylation sites is 2. The van der Waals surface area contributed by atoms with Gasteiger partial charge in [-0.15, -0.1) is 16.8 Å². The van der Waals surface area contributed by atoms with Crippen LogP contribution in [0.3, 0.4) is 0 Å². The second kappa shape index (κ2) is 9.07. The molecular weight excluding hydrogens is 458 g/mol. The first kappa shape index (κ1) is 21.7. The van der Waals surface area contributed by atoms with Gasteiger partial charge in [0.25, 0.3) is 0 Å². The molecule has 1 atom stereocenters. The average molecular weight is 482 g/mol. The van der Waals surface area contributed by atoms with Crippen molar-refractivity contribution >= 4 is 17.5 Å². The van der Waals surface area contributed by atoms with E-state index in [0.29, 0.717) is 35.4 Å². The van der Waals surface area contributed by atoms with Gasteiger partial charge in [-0.3, -0.25) is 9.36 Å². The molecule has 1 aliphatic carbocycles. The second-order valence-electron chi connectivity index (χ2n) is 8.52. The number of fused-ring (bicyclic) bond motifs is 4. The average Bonchev–Trinajstić information content (AvgIpc) is 3.48. The number of thioether (sulfide) groups is 1. The number of rotatable bonds is 7. The normalized spacial score (nSPS) is 15.4. The van der Waals surface area contributed by atoms with E-state index >= 15 is 0 Å². The summed E-state index contributed by atoms with van der Waals surface area (Å²) in [6.45, 7) is 4.72. The Kier molecular flexibility index (Phi) is 5.62. The zero-order chi connectivity index (χ0) is 23.8. The molecule has 0 spiro atoms. The lowest BCUT2D eigenvalue weighted by atomic mass is 10.0. The minimum absolute atomic E-state index is 0.0584. The maximum atomic E-state index is 13.1. The molecule has 6 nitrogen and oxygen atoms in total. The number of hydrogen-bond donors (Lipinski definition) is 0. The molecule has 35 heavy (non-hydrogen) atoms. The van der Waals surface area contributed by atoms with Gasteiger partial charge in [-0.25, -0.2) is 0 Å². The molecule has 4 aromatic rings. The molecule has 1 aliphatic heterocycles. The highest BCUT2D eigenvalue weighted by Crippen LogP contribution is 2.38. The highest BCUT2D eigenvalue weighted by molar-refractivity contribution is 7.99. The lowest BCUT2D eigenvalue weighted by molar-refractivity contribution is 0.0821. The van der Waals surface area contributed by atoms with Crippen molar-refractivity contribution in [3.63, 3.8) is 0 Å². The number of hydrogen-bond acceptors (Lipinski definition) is 6. The van der Waals surface area contributed by atoms with Gasteiger partial charge in [0.05, 0.1) is 5.75 Å². The van der Waals surface area contributed by atoms with Crippen LogP contribution in [-0.2, 0) is 13.0 Å². The van der Waals surface area contributed by atoms with Gasteiger partial charge < -0.3 is 9.47 Å². The molecule has 1 aromatic heterocycles. The van der Waals surface area contributed by atoms with Gasteiger partial charge in [0, 0.05) is 12.1 Å². The SMILES string of the molecule is C=CCn1c(SCC(=O)c2ccc3c(c2)-c2ccccc2C3)nnc1C1COc2ccccc2O1. The summed E-state index contributed by atoms with van der Waals surface area (Å²) in [4.78, 5) is 13.1. The molecule has 1 unspecified atom stereocenters. The molecule has 0 radical (unpaired) electrons. The number of ketones is 1. The summed E-state index contributed by atoms with van der Waals surface area (Å²) in [5, 5.41) is 9.40. The third kappa shape index (κ3) is 4.02. The maximum Gasteiger partial charge on any atom is 0.192 e. The van der Waals surface area contributed by atoms with Crippen molar-refractivity contribution in [2.75, 3.05) is 12.4 Å². The van der Waals surface area contributed by atoms with Crippen molar-refractivity contribution in [3.8, 4) is 22.6 Å². The first-order valence-electron chi connectivity index (χ1n) is 11.5. The highest BCUT2D eigenvalue weighted by Gasteiger charge is 2.28. The first-order chi connectivity index (χ1) is 17.2. The molecule has 0 amide bonds. The van der Waals surface area contributed by atoms with E-state index in [-0.39, 0.29) is 17.6 Å². The van der Waals surface area contributed by atoms with Crippen LogP contribution in [0.2, 0.25) is 0 Å². The summed E-state index contributed by atoms with van der Waals surface area (Å²) in [5.41, 5.74) is 5.66. The van der Waals surface area contributed by atoms with E-state index in [2.05, 4.69) is 41.0 Å². The Labute approximate surface area is 207 Å². The molecule has 3 aromatic carbocycles. The molecule has 0 fully saturated rings. The maximum absolute atomic E-state index is 13.1. The van der Waals surface area contributed by atoms with E-state index in [1.807, 2.05) is 47.0 Å². The monoisotopic (exact) mass is 481 g/mol. The summed E-state index contributed by atoms with van der Waals surface area (Å²) < 4.78 is 13.9. The Balaban J connectivity index is 1.20. The van der Waals surface area contributed by atoms with Gasteiger partial charge in [-0.1, -0.05) is 66.4 Å². The molecule has 2 heterocycles. The molecule has 7 heteroatoms. The van der Waals surface area contributed by atoms with Gasteiger partial charge in [-0.2, -0.15) is 0 Å². The van der Waals surface area contributed by atoms with Crippen LogP contribution >= 0.6 is 11.8 Å². The smallest absolute Gasteiger partial charge is 0.192 e. The van der Waals surface area contributed by atoms with Crippen LogP contribution in [0.25, 0.3) is 11.1 Å². The summed E-state index contributed by atoms with van der Waals surface area (Å²) in [6.07, 6.45) is 2.31. The van der Waals surface area contributed by atoms with Crippen LogP contribution in [0.15, 0.2) is 84.5 Å². The Hall–Kier alpha value is -3.84.